The van der Waals surface area contributed by atoms with Crippen LogP contribution < -0.4 is 5.32 Å². The van der Waals surface area contributed by atoms with Crippen molar-refractivity contribution in [1.82, 2.24) is 10.3 Å². The fraction of sp³-hybridized carbons (Fsp3) is 0.333. The minimum absolute atomic E-state index is 0.0188. The number of carbonyl (C=O) groups is 1. The first-order valence-corrected chi connectivity index (χ1v) is 7.99. The molecule has 4 nitrogen and oxygen atoms in total. The van der Waals surface area contributed by atoms with Gasteiger partial charge in [-0.15, -0.1) is 11.3 Å². The first kappa shape index (κ1) is 15.9. The lowest BCUT2D eigenvalue weighted by atomic mass is 10.2. The lowest BCUT2D eigenvalue weighted by Gasteiger charge is -2.11. The van der Waals surface area contributed by atoms with E-state index in [4.69, 9.17) is 16.7 Å². The number of carbonyl (C=O) groups excluding carboxylic acids is 1. The maximum absolute atomic E-state index is 12.1. The van der Waals surface area contributed by atoms with Gasteiger partial charge in [0.25, 0.3) is 5.91 Å². The smallest absolute Gasteiger partial charge is 0.270 e. The number of rotatable bonds is 6. The third kappa shape index (κ3) is 4.52. The molecular formula is C15H17ClN2O2S. The van der Waals surface area contributed by atoms with Crippen LogP contribution >= 0.6 is 22.9 Å². The largest absolute Gasteiger partial charge is 0.396 e. The average molecular weight is 325 g/mol. The van der Waals surface area contributed by atoms with Crippen LogP contribution in [0.15, 0.2) is 29.6 Å². The normalized spacial score (nSPS) is 12.1. The fourth-order valence-corrected chi connectivity index (χ4v) is 2.80. The summed E-state index contributed by atoms with van der Waals surface area (Å²) in [6.07, 6.45) is 1.42. The fourth-order valence-electron chi connectivity index (χ4n) is 1.87. The summed E-state index contributed by atoms with van der Waals surface area (Å²) in [5, 5.41) is 14.9. The van der Waals surface area contributed by atoms with Crippen molar-refractivity contribution in [1.29, 1.82) is 0 Å². The summed E-state index contributed by atoms with van der Waals surface area (Å²) in [5.41, 5.74) is 1.36. The maximum atomic E-state index is 12.1. The zero-order valence-electron chi connectivity index (χ0n) is 11.7. The van der Waals surface area contributed by atoms with Crippen LogP contribution in [0.5, 0.6) is 0 Å². The summed E-state index contributed by atoms with van der Waals surface area (Å²) in [4.78, 5) is 16.4. The van der Waals surface area contributed by atoms with E-state index >= 15 is 0 Å². The minimum Gasteiger partial charge on any atom is -0.396 e. The van der Waals surface area contributed by atoms with E-state index in [0.29, 0.717) is 17.1 Å². The first-order valence-electron chi connectivity index (χ1n) is 6.73. The molecule has 0 bridgehead atoms. The van der Waals surface area contributed by atoms with Gasteiger partial charge in [-0.2, -0.15) is 0 Å². The summed E-state index contributed by atoms with van der Waals surface area (Å²) in [6, 6.07) is 7.38. The average Bonchev–Trinajstić information content (AvgIpc) is 2.96. The number of nitrogens with one attached hydrogen (secondary N) is 1. The van der Waals surface area contributed by atoms with Crippen LogP contribution in [0.2, 0.25) is 5.02 Å². The minimum atomic E-state index is -0.183. The Kier molecular flexibility index (Phi) is 5.73. The number of hydrogen-bond acceptors (Lipinski definition) is 4. The molecule has 1 aromatic carbocycles. The van der Waals surface area contributed by atoms with Crippen molar-refractivity contribution in [3.8, 4) is 10.6 Å². The van der Waals surface area contributed by atoms with Gasteiger partial charge >= 0.3 is 0 Å². The second-order valence-electron chi connectivity index (χ2n) is 4.79. The topological polar surface area (TPSA) is 62.2 Å². The van der Waals surface area contributed by atoms with E-state index in [0.717, 1.165) is 17.0 Å². The number of benzene rings is 1. The molecule has 0 radical (unpaired) electrons. The van der Waals surface area contributed by atoms with E-state index in [2.05, 4.69) is 10.3 Å². The van der Waals surface area contributed by atoms with Crippen molar-refractivity contribution >= 4 is 28.8 Å². The predicted molar refractivity (Wildman–Crippen MR) is 85.8 cm³/mol. The van der Waals surface area contributed by atoms with E-state index in [1.807, 2.05) is 19.1 Å². The summed E-state index contributed by atoms with van der Waals surface area (Å²) in [6.45, 7) is 2.05. The van der Waals surface area contributed by atoms with Gasteiger partial charge in [0.2, 0.25) is 0 Å². The quantitative estimate of drug-likeness (QED) is 0.856. The van der Waals surface area contributed by atoms with E-state index in [1.54, 1.807) is 17.5 Å². The van der Waals surface area contributed by atoms with Crippen molar-refractivity contribution < 1.29 is 9.90 Å². The van der Waals surface area contributed by atoms with Crippen molar-refractivity contribution in [3.63, 3.8) is 0 Å². The van der Waals surface area contributed by atoms with E-state index in [-0.39, 0.29) is 18.6 Å². The number of hydrogen-bond donors (Lipinski definition) is 2. The van der Waals surface area contributed by atoms with Crippen LogP contribution in [0.1, 0.15) is 30.3 Å². The highest BCUT2D eigenvalue weighted by molar-refractivity contribution is 7.13. The Balaban J connectivity index is 2.02. The number of halogens is 1. The van der Waals surface area contributed by atoms with Gasteiger partial charge in [0.05, 0.1) is 0 Å². The molecule has 1 atom stereocenters. The highest BCUT2D eigenvalue weighted by Crippen LogP contribution is 2.25. The highest BCUT2D eigenvalue weighted by Gasteiger charge is 2.14. The predicted octanol–water partition coefficient (Wildman–Crippen LogP) is 3.35. The number of aromatic nitrogens is 1. The molecule has 1 aromatic heterocycles. The molecular weight excluding hydrogens is 308 g/mol. The summed E-state index contributed by atoms with van der Waals surface area (Å²) in [7, 11) is 0. The Bertz CT molecular complexity index is 598. The molecule has 0 aliphatic heterocycles. The molecule has 0 fully saturated rings. The van der Waals surface area contributed by atoms with Gasteiger partial charge in [0, 0.05) is 28.6 Å². The van der Waals surface area contributed by atoms with Gasteiger partial charge in [-0.3, -0.25) is 4.79 Å². The van der Waals surface area contributed by atoms with Crippen LogP contribution in [-0.4, -0.2) is 28.6 Å². The van der Waals surface area contributed by atoms with Gasteiger partial charge in [-0.25, -0.2) is 4.98 Å². The van der Waals surface area contributed by atoms with E-state index < -0.39 is 0 Å². The van der Waals surface area contributed by atoms with Gasteiger partial charge in [-0.1, -0.05) is 23.7 Å². The second-order valence-corrected chi connectivity index (χ2v) is 6.08. The number of aliphatic hydroxyl groups excluding tert-OH is 1. The molecule has 2 N–H and O–H groups in total. The van der Waals surface area contributed by atoms with Gasteiger partial charge in [0.15, 0.2) is 0 Å². The lowest BCUT2D eigenvalue weighted by molar-refractivity contribution is 0.0932. The van der Waals surface area contributed by atoms with Crippen molar-refractivity contribution in [2.45, 2.75) is 25.8 Å². The SMILES string of the molecule is CC(CCCO)NC(=O)c1csc(-c2ccc(Cl)cc2)n1. The zero-order chi connectivity index (χ0) is 15.2. The molecule has 0 aliphatic rings. The van der Waals surface area contributed by atoms with Crippen LogP contribution in [0.25, 0.3) is 10.6 Å². The molecule has 112 valence electrons. The molecule has 2 aromatic rings. The van der Waals surface area contributed by atoms with Crippen molar-refractivity contribution in [3.05, 3.63) is 40.4 Å². The molecule has 0 aliphatic carbocycles. The molecule has 0 spiro atoms. The van der Waals surface area contributed by atoms with Gasteiger partial charge in [0.1, 0.15) is 10.7 Å². The zero-order valence-corrected chi connectivity index (χ0v) is 13.2. The van der Waals surface area contributed by atoms with Gasteiger partial charge < -0.3 is 10.4 Å². The Morgan fingerprint density at radius 3 is 2.81 bits per heavy atom. The monoisotopic (exact) mass is 324 g/mol. The molecule has 1 heterocycles. The van der Waals surface area contributed by atoms with E-state index in [1.165, 1.54) is 11.3 Å². The summed E-state index contributed by atoms with van der Waals surface area (Å²) < 4.78 is 0. The van der Waals surface area contributed by atoms with Crippen LogP contribution in [-0.2, 0) is 0 Å². The van der Waals surface area contributed by atoms with Crippen molar-refractivity contribution in [2.75, 3.05) is 6.61 Å². The number of nitrogens with zero attached hydrogens (tertiary/aromatic N) is 1. The Morgan fingerprint density at radius 2 is 2.14 bits per heavy atom. The van der Waals surface area contributed by atoms with E-state index in [9.17, 15) is 4.79 Å². The van der Waals surface area contributed by atoms with Crippen LogP contribution in [0.4, 0.5) is 0 Å². The third-order valence-corrected chi connectivity index (χ3v) is 4.14. The maximum Gasteiger partial charge on any atom is 0.270 e. The Hall–Kier alpha value is -1.43. The number of aliphatic hydroxyl groups is 1. The molecule has 6 heteroatoms. The summed E-state index contributed by atoms with van der Waals surface area (Å²) in [5.74, 6) is -0.183. The van der Waals surface area contributed by atoms with Crippen LogP contribution in [0, 0.1) is 0 Å². The summed E-state index contributed by atoms with van der Waals surface area (Å²) >= 11 is 7.28. The van der Waals surface area contributed by atoms with Gasteiger partial charge in [-0.05, 0) is 31.9 Å². The lowest BCUT2D eigenvalue weighted by Crippen LogP contribution is -2.32. The highest BCUT2D eigenvalue weighted by atomic mass is 35.5. The molecule has 0 saturated heterocycles. The molecule has 21 heavy (non-hydrogen) atoms. The molecule has 1 unspecified atom stereocenters. The molecule has 0 saturated carbocycles. The molecule has 1 amide bonds. The first-order chi connectivity index (χ1) is 10.1. The number of thiazole rings is 1. The number of amides is 1. The van der Waals surface area contributed by atoms with Crippen LogP contribution in [0.3, 0.4) is 0 Å². The standard InChI is InChI=1S/C15H17ClN2O2S/c1-10(3-2-8-19)17-14(20)13-9-21-15(18-13)11-4-6-12(16)7-5-11/h4-7,9-10,19H,2-3,8H2,1H3,(H,17,20). The van der Waals surface area contributed by atoms with Crippen molar-refractivity contribution in [2.24, 2.45) is 0 Å². The Morgan fingerprint density at radius 1 is 1.43 bits per heavy atom. The Labute approximate surface area is 132 Å². The second kappa shape index (κ2) is 7.54. The third-order valence-electron chi connectivity index (χ3n) is 3.00. The molecule has 2 rings (SSSR count).